The lowest BCUT2D eigenvalue weighted by Crippen LogP contribution is -2.22. The van der Waals surface area contributed by atoms with Crippen LogP contribution in [-0.4, -0.2) is 31.7 Å². The molecule has 1 aliphatic heterocycles. The Labute approximate surface area is 169 Å². The van der Waals surface area contributed by atoms with Crippen molar-refractivity contribution in [2.24, 2.45) is 0 Å². The van der Waals surface area contributed by atoms with Crippen molar-refractivity contribution >= 4 is 44.3 Å². The SMILES string of the molecule is O=C(COC(=O)c1cccc2ccccc12)Nc1cc2c(cc1Br)OCCO2. The number of hydrogen-bond acceptors (Lipinski definition) is 5. The molecule has 3 aromatic carbocycles. The number of anilines is 1. The molecule has 1 aliphatic rings. The molecule has 7 heteroatoms. The van der Waals surface area contributed by atoms with Gasteiger partial charge in [-0.05, 0) is 32.8 Å². The second-order valence-corrected chi connectivity index (χ2v) is 6.98. The predicted octanol–water partition coefficient (Wildman–Crippen LogP) is 4.17. The standard InChI is InChI=1S/C21H16BrNO5/c22-16-10-18-19(27-9-8-26-18)11-17(16)23-20(24)12-28-21(25)15-7-3-5-13-4-1-2-6-14(13)15/h1-7,10-11H,8-9,12H2,(H,23,24). The summed E-state index contributed by atoms with van der Waals surface area (Å²) in [4.78, 5) is 24.7. The Kier molecular flexibility index (Phi) is 5.16. The van der Waals surface area contributed by atoms with Crippen LogP contribution in [0, 0.1) is 0 Å². The van der Waals surface area contributed by atoms with Crippen LogP contribution in [0.3, 0.4) is 0 Å². The Morgan fingerprint density at radius 3 is 2.54 bits per heavy atom. The zero-order valence-electron chi connectivity index (χ0n) is 14.7. The minimum absolute atomic E-state index is 0.400. The van der Waals surface area contributed by atoms with E-state index in [2.05, 4.69) is 21.2 Å². The van der Waals surface area contributed by atoms with Gasteiger partial charge in [0.1, 0.15) is 13.2 Å². The highest BCUT2D eigenvalue weighted by Gasteiger charge is 2.17. The number of amides is 1. The smallest absolute Gasteiger partial charge is 0.339 e. The molecule has 6 nitrogen and oxygen atoms in total. The first-order valence-corrected chi connectivity index (χ1v) is 9.45. The number of benzene rings is 3. The summed E-state index contributed by atoms with van der Waals surface area (Å²) >= 11 is 3.39. The summed E-state index contributed by atoms with van der Waals surface area (Å²) in [6, 6.07) is 16.3. The topological polar surface area (TPSA) is 73.9 Å². The molecular weight excluding hydrogens is 426 g/mol. The summed E-state index contributed by atoms with van der Waals surface area (Å²) in [6.07, 6.45) is 0. The fourth-order valence-electron chi connectivity index (χ4n) is 2.96. The van der Waals surface area contributed by atoms with Gasteiger partial charge in [0.2, 0.25) is 0 Å². The van der Waals surface area contributed by atoms with E-state index < -0.39 is 18.5 Å². The van der Waals surface area contributed by atoms with Crippen molar-refractivity contribution in [1.82, 2.24) is 0 Å². The summed E-state index contributed by atoms with van der Waals surface area (Å²) in [5, 5.41) is 4.42. The highest BCUT2D eigenvalue weighted by atomic mass is 79.9. The molecule has 0 saturated carbocycles. The summed E-state index contributed by atoms with van der Waals surface area (Å²) in [5.74, 6) is 0.162. The van der Waals surface area contributed by atoms with Gasteiger partial charge in [0, 0.05) is 16.6 Å². The minimum atomic E-state index is -0.548. The lowest BCUT2D eigenvalue weighted by atomic mass is 10.1. The number of fused-ring (bicyclic) bond motifs is 2. The van der Waals surface area contributed by atoms with Crippen LogP contribution in [0.5, 0.6) is 11.5 Å². The second-order valence-electron chi connectivity index (χ2n) is 6.13. The van der Waals surface area contributed by atoms with Gasteiger partial charge in [0.05, 0.1) is 11.3 Å². The van der Waals surface area contributed by atoms with Crippen molar-refractivity contribution < 1.29 is 23.8 Å². The Bertz CT molecular complexity index is 1060. The molecule has 1 N–H and O–H groups in total. The normalized spacial score (nSPS) is 12.5. The van der Waals surface area contributed by atoms with E-state index in [-0.39, 0.29) is 0 Å². The Hall–Kier alpha value is -3.06. The number of ether oxygens (including phenoxy) is 3. The fraction of sp³-hybridized carbons (Fsp3) is 0.143. The van der Waals surface area contributed by atoms with E-state index >= 15 is 0 Å². The average Bonchev–Trinajstić information content (AvgIpc) is 2.72. The summed E-state index contributed by atoms with van der Waals surface area (Å²) in [6.45, 7) is 0.531. The van der Waals surface area contributed by atoms with E-state index in [9.17, 15) is 9.59 Å². The van der Waals surface area contributed by atoms with Gasteiger partial charge in [-0.3, -0.25) is 4.79 Å². The largest absolute Gasteiger partial charge is 0.486 e. The highest BCUT2D eigenvalue weighted by molar-refractivity contribution is 9.10. The maximum absolute atomic E-state index is 12.4. The molecule has 0 unspecified atom stereocenters. The van der Waals surface area contributed by atoms with Crippen LogP contribution in [0.1, 0.15) is 10.4 Å². The quantitative estimate of drug-likeness (QED) is 0.615. The molecule has 0 aromatic heterocycles. The number of hydrogen-bond donors (Lipinski definition) is 1. The number of rotatable bonds is 4. The maximum atomic E-state index is 12.4. The first kappa shape index (κ1) is 18.3. The van der Waals surface area contributed by atoms with E-state index in [1.165, 1.54) is 0 Å². The molecule has 0 spiro atoms. The van der Waals surface area contributed by atoms with E-state index in [1.807, 2.05) is 30.3 Å². The molecule has 4 rings (SSSR count). The molecule has 1 amide bonds. The summed E-state index contributed by atoms with van der Waals surface area (Å²) in [7, 11) is 0. The molecule has 3 aromatic rings. The monoisotopic (exact) mass is 441 g/mol. The van der Waals surface area contributed by atoms with Crippen LogP contribution < -0.4 is 14.8 Å². The Morgan fingerprint density at radius 1 is 1.00 bits per heavy atom. The molecule has 0 fully saturated rings. The second kappa shape index (κ2) is 7.90. The van der Waals surface area contributed by atoms with Crippen molar-refractivity contribution in [2.75, 3.05) is 25.1 Å². The van der Waals surface area contributed by atoms with Gasteiger partial charge in [-0.15, -0.1) is 0 Å². The van der Waals surface area contributed by atoms with Crippen LogP contribution in [-0.2, 0) is 9.53 Å². The first-order chi connectivity index (χ1) is 13.6. The van der Waals surface area contributed by atoms with Crippen LogP contribution in [0.25, 0.3) is 10.8 Å². The maximum Gasteiger partial charge on any atom is 0.339 e. The molecule has 1 heterocycles. The zero-order chi connectivity index (χ0) is 19.5. The van der Waals surface area contributed by atoms with Crippen molar-refractivity contribution in [3.63, 3.8) is 0 Å². The van der Waals surface area contributed by atoms with Gasteiger partial charge in [0.25, 0.3) is 5.91 Å². The van der Waals surface area contributed by atoms with Crippen molar-refractivity contribution in [2.45, 2.75) is 0 Å². The van der Waals surface area contributed by atoms with Crippen LogP contribution in [0.4, 0.5) is 5.69 Å². The van der Waals surface area contributed by atoms with Crippen LogP contribution in [0.15, 0.2) is 59.1 Å². The molecule has 0 atom stereocenters. The van der Waals surface area contributed by atoms with Gasteiger partial charge in [0.15, 0.2) is 18.1 Å². The third-order valence-electron chi connectivity index (χ3n) is 4.25. The number of esters is 1. The molecule has 0 bridgehead atoms. The van der Waals surface area contributed by atoms with Gasteiger partial charge >= 0.3 is 5.97 Å². The van der Waals surface area contributed by atoms with Crippen molar-refractivity contribution in [3.8, 4) is 11.5 Å². The molecule has 142 valence electrons. The average molecular weight is 442 g/mol. The Balaban J connectivity index is 1.42. The first-order valence-electron chi connectivity index (χ1n) is 8.66. The third kappa shape index (κ3) is 3.80. The van der Waals surface area contributed by atoms with E-state index in [4.69, 9.17) is 14.2 Å². The molecular formula is C21H16BrNO5. The van der Waals surface area contributed by atoms with E-state index in [1.54, 1.807) is 24.3 Å². The molecule has 28 heavy (non-hydrogen) atoms. The van der Waals surface area contributed by atoms with E-state index in [0.29, 0.717) is 40.4 Å². The van der Waals surface area contributed by atoms with Gasteiger partial charge < -0.3 is 19.5 Å². The number of carbonyl (C=O) groups is 2. The van der Waals surface area contributed by atoms with Crippen molar-refractivity contribution in [3.05, 3.63) is 64.6 Å². The van der Waals surface area contributed by atoms with Gasteiger partial charge in [-0.25, -0.2) is 4.79 Å². The summed E-state index contributed by atoms with van der Waals surface area (Å²) < 4.78 is 16.8. The lowest BCUT2D eigenvalue weighted by molar-refractivity contribution is -0.119. The molecule has 0 aliphatic carbocycles. The predicted molar refractivity (Wildman–Crippen MR) is 108 cm³/mol. The lowest BCUT2D eigenvalue weighted by Gasteiger charge is -2.20. The van der Waals surface area contributed by atoms with Gasteiger partial charge in [-0.1, -0.05) is 36.4 Å². The number of halogens is 1. The number of nitrogens with one attached hydrogen (secondary N) is 1. The highest BCUT2D eigenvalue weighted by Crippen LogP contribution is 2.38. The zero-order valence-corrected chi connectivity index (χ0v) is 16.3. The summed E-state index contributed by atoms with van der Waals surface area (Å²) in [5.41, 5.74) is 0.932. The van der Waals surface area contributed by atoms with Crippen molar-refractivity contribution in [1.29, 1.82) is 0 Å². The fourth-order valence-corrected chi connectivity index (χ4v) is 3.38. The number of carbonyl (C=O) groups excluding carboxylic acids is 2. The van der Waals surface area contributed by atoms with Crippen LogP contribution in [0.2, 0.25) is 0 Å². The Morgan fingerprint density at radius 2 is 1.71 bits per heavy atom. The van der Waals surface area contributed by atoms with Crippen LogP contribution >= 0.6 is 15.9 Å². The third-order valence-corrected chi connectivity index (χ3v) is 4.91. The molecule has 0 saturated heterocycles. The minimum Gasteiger partial charge on any atom is -0.486 e. The van der Waals surface area contributed by atoms with Gasteiger partial charge in [-0.2, -0.15) is 0 Å². The molecule has 0 radical (unpaired) electrons. The van der Waals surface area contributed by atoms with E-state index in [0.717, 1.165) is 10.8 Å².